The molecule has 0 fully saturated rings. The molecule has 4 nitrogen and oxygen atoms in total. The van der Waals surface area contributed by atoms with Crippen molar-refractivity contribution >= 4 is 10.0 Å². The van der Waals surface area contributed by atoms with Gasteiger partial charge in [0.2, 0.25) is 10.0 Å². The molecule has 0 atom stereocenters. The highest BCUT2D eigenvalue weighted by Crippen LogP contribution is 2.37. The largest absolute Gasteiger partial charge is 0.499 e. The van der Waals surface area contributed by atoms with Crippen molar-refractivity contribution in [1.29, 1.82) is 0 Å². The zero-order valence-electron chi connectivity index (χ0n) is 8.41. The third kappa shape index (κ3) is 3.29. The van der Waals surface area contributed by atoms with Crippen molar-refractivity contribution in [3.8, 4) is 5.75 Å². The van der Waals surface area contributed by atoms with Gasteiger partial charge in [-0.3, -0.25) is 0 Å². The van der Waals surface area contributed by atoms with E-state index in [0.717, 1.165) is 12.1 Å². The molecule has 2 N–H and O–H groups in total. The van der Waals surface area contributed by atoms with Crippen molar-refractivity contribution in [3.05, 3.63) is 24.3 Å². The van der Waals surface area contributed by atoms with Crippen LogP contribution in [0.1, 0.15) is 0 Å². The van der Waals surface area contributed by atoms with E-state index >= 15 is 0 Å². The molecule has 0 unspecified atom stereocenters. The molecule has 0 aliphatic carbocycles. The average Bonchev–Trinajstić information content (AvgIpc) is 2.14. The normalized spacial score (nSPS) is 13.4. The lowest BCUT2D eigenvalue weighted by atomic mass is 10.3. The molecule has 0 saturated carbocycles. The number of alkyl halides is 5. The molecule has 0 aliphatic heterocycles. The summed E-state index contributed by atoms with van der Waals surface area (Å²) in [4.78, 5) is -0.440. The molecule has 0 bridgehead atoms. The van der Waals surface area contributed by atoms with Crippen molar-refractivity contribution in [2.45, 2.75) is 17.2 Å². The molecule has 0 aromatic heterocycles. The first-order valence-electron chi connectivity index (χ1n) is 4.20. The predicted molar refractivity (Wildman–Crippen MR) is 49.4 cm³/mol. The summed E-state index contributed by atoms with van der Waals surface area (Å²) in [6, 6.07) is 2.77. The SMILES string of the molecule is NS(=O)(=O)c1ccc(OC(F)(F)C(F)(F)F)cc1. The standard InChI is InChI=1S/C8H6F5NO3S/c9-7(10,11)8(12,13)17-5-1-3-6(4-2-5)18(14,15)16/h1-4H,(H2,14,15,16). The van der Waals surface area contributed by atoms with Crippen LogP contribution in [0.5, 0.6) is 5.75 Å². The molecule has 0 aliphatic rings. The highest BCUT2D eigenvalue weighted by atomic mass is 32.2. The zero-order valence-corrected chi connectivity index (χ0v) is 9.23. The van der Waals surface area contributed by atoms with E-state index in [1.54, 1.807) is 0 Å². The summed E-state index contributed by atoms with van der Waals surface area (Å²) in [5, 5.41) is 4.71. The third-order valence-electron chi connectivity index (χ3n) is 1.73. The van der Waals surface area contributed by atoms with Crippen molar-refractivity contribution < 1.29 is 35.1 Å². The maximum Gasteiger partial charge on any atom is 0.499 e. The Labute approximate surface area is 98.2 Å². The summed E-state index contributed by atoms with van der Waals surface area (Å²) in [5.74, 6) is -0.843. The van der Waals surface area contributed by atoms with E-state index in [4.69, 9.17) is 5.14 Å². The summed E-state index contributed by atoms with van der Waals surface area (Å²) in [6.45, 7) is 0. The van der Waals surface area contributed by atoms with E-state index in [9.17, 15) is 30.4 Å². The summed E-state index contributed by atoms with van der Waals surface area (Å²) < 4.78 is 85.3. The summed E-state index contributed by atoms with van der Waals surface area (Å²) in [6.07, 6.45) is -11.2. The molecule has 10 heteroatoms. The smallest absolute Gasteiger partial charge is 0.426 e. The fourth-order valence-electron chi connectivity index (χ4n) is 0.903. The van der Waals surface area contributed by atoms with E-state index < -0.39 is 33.0 Å². The van der Waals surface area contributed by atoms with Gasteiger partial charge >= 0.3 is 12.3 Å². The van der Waals surface area contributed by atoms with Gasteiger partial charge in [0.1, 0.15) is 5.75 Å². The fraction of sp³-hybridized carbons (Fsp3) is 0.250. The van der Waals surface area contributed by atoms with Gasteiger partial charge in [-0.1, -0.05) is 0 Å². The number of primary sulfonamides is 1. The van der Waals surface area contributed by atoms with Crippen molar-refractivity contribution in [2.75, 3.05) is 0 Å². The van der Waals surface area contributed by atoms with Crippen LogP contribution in [0, 0.1) is 0 Å². The molecule has 102 valence electrons. The number of ether oxygens (including phenoxy) is 1. The maximum atomic E-state index is 12.5. The Morgan fingerprint density at radius 3 is 1.78 bits per heavy atom. The van der Waals surface area contributed by atoms with Crippen molar-refractivity contribution in [3.63, 3.8) is 0 Å². The second-order valence-corrected chi connectivity index (χ2v) is 4.69. The molecule has 1 aromatic carbocycles. The molecular weight excluding hydrogens is 285 g/mol. The number of sulfonamides is 1. The van der Waals surface area contributed by atoms with Crippen LogP contribution >= 0.6 is 0 Å². The predicted octanol–water partition coefficient (Wildman–Crippen LogP) is 1.87. The quantitative estimate of drug-likeness (QED) is 0.864. The van der Waals surface area contributed by atoms with Crippen molar-refractivity contribution in [1.82, 2.24) is 0 Å². The molecule has 0 heterocycles. The zero-order chi connectivity index (χ0) is 14.2. The van der Waals surface area contributed by atoms with E-state index in [2.05, 4.69) is 4.74 Å². The summed E-state index contributed by atoms with van der Waals surface area (Å²) in [5.41, 5.74) is 0. The fourth-order valence-corrected chi connectivity index (χ4v) is 1.42. The number of rotatable bonds is 3. The number of benzene rings is 1. The van der Waals surface area contributed by atoms with Crippen LogP contribution in [-0.4, -0.2) is 20.7 Å². The van der Waals surface area contributed by atoms with Crippen LogP contribution in [0.15, 0.2) is 29.2 Å². The Bertz CT molecular complexity index is 523. The van der Waals surface area contributed by atoms with Gasteiger partial charge in [0.25, 0.3) is 0 Å². The molecule has 0 spiro atoms. The van der Waals surface area contributed by atoms with E-state index in [0.29, 0.717) is 12.1 Å². The van der Waals surface area contributed by atoms with Gasteiger partial charge in [-0.25, -0.2) is 13.6 Å². The average molecular weight is 291 g/mol. The number of hydrogen-bond acceptors (Lipinski definition) is 3. The Balaban J connectivity index is 2.95. The summed E-state index contributed by atoms with van der Waals surface area (Å²) in [7, 11) is -4.06. The second-order valence-electron chi connectivity index (χ2n) is 3.13. The topological polar surface area (TPSA) is 69.4 Å². The van der Waals surface area contributed by atoms with Crippen LogP contribution in [-0.2, 0) is 10.0 Å². The Hall–Kier alpha value is -1.42. The first-order valence-corrected chi connectivity index (χ1v) is 5.74. The van der Waals surface area contributed by atoms with Gasteiger partial charge in [-0.15, -0.1) is 0 Å². The third-order valence-corrected chi connectivity index (χ3v) is 2.66. The molecule has 0 amide bonds. The summed E-state index contributed by atoms with van der Waals surface area (Å²) >= 11 is 0. The van der Waals surface area contributed by atoms with Crippen molar-refractivity contribution in [2.24, 2.45) is 5.14 Å². The van der Waals surface area contributed by atoms with E-state index in [1.807, 2.05) is 0 Å². The molecular formula is C8H6F5NO3S. The van der Waals surface area contributed by atoms with E-state index in [-0.39, 0.29) is 0 Å². The number of hydrogen-bond donors (Lipinski definition) is 1. The number of nitrogens with two attached hydrogens (primary N) is 1. The van der Waals surface area contributed by atoms with E-state index in [1.165, 1.54) is 0 Å². The maximum absolute atomic E-state index is 12.5. The van der Waals surface area contributed by atoms with Gasteiger partial charge < -0.3 is 4.74 Å². The minimum Gasteiger partial charge on any atom is -0.426 e. The van der Waals surface area contributed by atoms with Gasteiger partial charge in [0, 0.05) is 0 Å². The minimum atomic E-state index is -5.87. The second kappa shape index (κ2) is 4.35. The molecule has 1 rings (SSSR count). The Morgan fingerprint density at radius 1 is 1.00 bits per heavy atom. The van der Waals surface area contributed by atoms with Crippen LogP contribution in [0.25, 0.3) is 0 Å². The van der Waals surface area contributed by atoms with Crippen LogP contribution in [0.3, 0.4) is 0 Å². The lowest BCUT2D eigenvalue weighted by Gasteiger charge is -2.20. The van der Waals surface area contributed by atoms with Gasteiger partial charge in [-0.2, -0.15) is 22.0 Å². The van der Waals surface area contributed by atoms with Crippen LogP contribution < -0.4 is 9.88 Å². The van der Waals surface area contributed by atoms with Gasteiger partial charge in [0.05, 0.1) is 4.90 Å². The minimum absolute atomic E-state index is 0.440. The first kappa shape index (κ1) is 14.6. The first-order chi connectivity index (χ1) is 7.93. The Morgan fingerprint density at radius 2 is 1.44 bits per heavy atom. The Kier molecular flexibility index (Phi) is 3.54. The lowest BCUT2D eigenvalue weighted by molar-refractivity contribution is -0.360. The molecule has 1 aromatic rings. The van der Waals surface area contributed by atoms with Gasteiger partial charge in [-0.05, 0) is 24.3 Å². The number of halogens is 5. The highest BCUT2D eigenvalue weighted by molar-refractivity contribution is 7.89. The van der Waals surface area contributed by atoms with Crippen LogP contribution in [0.4, 0.5) is 22.0 Å². The van der Waals surface area contributed by atoms with Crippen LogP contribution in [0.2, 0.25) is 0 Å². The highest BCUT2D eigenvalue weighted by Gasteiger charge is 2.61. The van der Waals surface area contributed by atoms with Gasteiger partial charge in [0.15, 0.2) is 0 Å². The lowest BCUT2D eigenvalue weighted by Crippen LogP contribution is -2.41. The molecule has 0 radical (unpaired) electrons. The molecule has 0 saturated heterocycles. The molecule has 18 heavy (non-hydrogen) atoms. The monoisotopic (exact) mass is 291 g/mol.